The topological polar surface area (TPSA) is 72.2 Å². The van der Waals surface area contributed by atoms with Gasteiger partial charge in [-0.2, -0.15) is 0 Å². The molecule has 0 unspecified atom stereocenters. The molecule has 0 fully saturated rings. The van der Waals surface area contributed by atoms with Gasteiger partial charge in [-0.25, -0.2) is 8.42 Å². The largest absolute Gasteiger partial charge is 0.398 e. The number of nitrogens with one attached hydrogen (secondary N) is 1. The zero-order chi connectivity index (χ0) is 14.9. The number of sulfonamides is 1. The van der Waals surface area contributed by atoms with Gasteiger partial charge in [0.05, 0.1) is 10.6 Å². The fourth-order valence-electron chi connectivity index (χ4n) is 1.72. The quantitative estimate of drug-likeness (QED) is 0.829. The molecule has 4 nitrogen and oxygen atoms in total. The monoisotopic (exact) mass is 354 g/mol. The van der Waals surface area contributed by atoms with Crippen molar-refractivity contribution in [3.8, 4) is 0 Å². The highest BCUT2D eigenvalue weighted by Gasteiger charge is 2.16. The molecule has 0 aliphatic rings. The molecular weight excluding hydrogens is 340 g/mol. The molecule has 106 valence electrons. The number of aryl methyl sites for hydroxylation is 2. The third-order valence-corrected chi connectivity index (χ3v) is 4.97. The molecule has 20 heavy (non-hydrogen) atoms. The van der Waals surface area contributed by atoms with Crippen LogP contribution in [0.25, 0.3) is 0 Å². The van der Waals surface area contributed by atoms with Gasteiger partial charge in [0.1, 0.15) is 0 Å². The average molecular weight is 355 g/mol. The third-order valence-electron chi connectivity index (χ3n) is 2.92. The predicted molar refractivity (Wildman–Crippen MR) is 85.3 cm³/mol. The van der Waals surface area contributed by atoms with Gasteiger partial charge in [-0.3, -0.25) is 4.72 Å². The maximum absolute atomic E-state index is 12.4. The molecule has 0 spiro atoms. The second-order valence-electron chi connectivity index (χ2n) is 4.61. The fourth-order valence-corrected chi connectivity index (χ4v) is 3.40. The lowest BCUT2D eigenvalue weighted by molar-refractivity contribution is 0.601. The van der Waals surface area contributed by atoms with E-state index in [0.717, 1.165) is 11.1 Å². The normalized spacial score (nSPS) is 11.3. The summed E-state index contributed by atoms with van der Waals surface area (Å²) in [4.78, 5) is 0.166. The lowest BCUT2D eigenvalue weighted by Crippen LogP contribution is -2.14. The van der Waals surface area contributed by atoms with Crippen molar-refractivity contribution in [1.29, 1.82) is 0 Å². The first-order valence-corrected chi connectivity index (χ1v) is 8.22. The lowest BCUT2D eigenvalue weighted by atomic mass is 10.1. The van der Waals surface area contributed by atoms with Crippen LogP contribution in [0.4, 0.5) is 11.4 Å². The molecule has 2 aromatic carbocycles. The van der Waals surface area contributed by atoms with Gasteiger partial charge in [0.2, 0.25) is 0 Å². The Morgan fingerprint density at radius 2 is 1.80 bits per heavy atom. The Labute approximate surface area is 127 Å². The Bertz CT molecular complexity index is 758. The standard InChI is InChI=1S/C14H15BrN2O2S/c1-9-3-4-10(2)14(7-9)17-20(18,19)11-5-6-13(16)12(15)8-11/h3-8,17H,16H2,1-2H3. The van der Waals surface area contributed by atoms with Crippen LogP contribution in [-0.4, -0.2) is 8.42 Å². The number of benzene rings is 2. The summed E-state index contributed by atoms with van der Waals surface area (Å²) in [6, 6.07) is 10.1. The van der Waals surface area contributed by atoms with E-state index in [-0.39, 0.29) is 4.90 Å². The molecule has 0 aliphatic carbocycles. The summed E-state index contributed by atoms with van der Waals surface area (Å²) in [5.41, 5.74) is 8.61. The SMILES string of the molecule is Cc1ccc(C)c(NS(=O)(=O)c2ccc(N)c(Br)c2)c1. The van der Waals surface area contributed by atoms with E-state index in [1.165, 1.54) is 12.1 Å². The lowest BCUT2D eigenvalue weighted by Gasteiger charge is -2.12. The highest BCUT2D eigenvalue weighted by atomic mass is 79.9. The smallest absolute Gasteiger partial charge is 0.261 e. The number of rotatable bonds is 3. The van der Waals surface area contributed by atoms with Crippen molar-refractivity contribution in [3.05, 3.63) is 52.0 Å². The maximum Gasteiger partial charge on any atom is 0.261 e. The van der Waals surface area contributed by atoms with Gasteiger partial charge < -0.3 is 5.73 Å². The van der Waals surface area contributed by atoms with Gasteiger partial charge in [-0.05, 0) is 65.2 Å². The molecule has 0 aromatic heterocycles. The number of hydrogen-bond donors (Lipinski definition) is 2. The van der Waals surface area contributed by atoms with Crippen molar-refractivity contribution >= 4 is 37.3 Å². The molecule has 0 heterocycles. The molecule has 0 saturated carbocycles. The van der Waals surface area contributed by atoms with Gasteiger partial charge in [0, 0.05) is 10.2 Å². The minimum absolute atomic E-state index is 0.166. The molecule has 0 bridgehead atoms. The molecule has 0 atom stereocenters. The summed E-state index contributed by atoms with van der Waals surface area (Å²) in [7, 11) is -3.63. The summed E-state index contributed by atoms with van der Waals surface area (Å²) < 4.78 is 27.9. The Morgan fingerprint density at radius 1 is 1.10 bits per heavy atom. The minimum Gasteiger partial charge on any atom is -0.398 e. The van der Waals surface area contributed by atoms with Crippen LogP contribution >= 0.6 is 15.9 Å². The van der Waals surface area contributed by atoms with Crippen LogP contribution in [-0.2, 0) is 10.0 Å². The first-order chi connectivity index (χ1) is 9.29. The zero-order valence-electron chi connectivity index (χ0n) is 11.1. The highest BCUT2D eigenvalue weighted by molar-refractivity contribution is 9.10. The predicted octanol–water partition coefficient (Wildman–Crippen LogP) is 3.45. The van der Waals surface area contributed by atoms with E-state index < -0.39 is 10.0 Å². The van der Waals surface area contributed by atoms with Crippen LogP contribution in [0.3, 0.4) is 0 Å². The van der Waals surface area contributed by atoms with Gasteiger partial charge >= 0.3 is 0 Å². The molecular formula is C14H15BrN2O2S. The van der Waals surface area contributed by atoms with Gasteiger partial charge in [-0.15, -0.1) is 0 Å². The van der Waals surface area contributed by atoms with E-state index in [2.05, 4.69) is 20.7 Å². The summed E-state index contributed by atoms with van der Waals surface area (Å²) in [6.07, 6.45) is 0. The van der Waals surface area contributed by atoms with Crippen molar-refractivity contribution < 1.29 is 8.42 Å². The second-order valence-corrected chi connectivity index (χ2v) is 7.14. The second kappa shape index (κ2) is 5.46. The van der Waals surface area contributed by atoms with E-state index in [0.29, 0.717) is 15.8 Å². The Balaban J connectivity index is 2.40. The molecule has 2 aromatic rings. The van der Waals surface area contributed by atoms with Crippen LogP contribution < -0.4 is 10.5 Å². The molecule has 0 aliphatic heterocycles. The van der Waals surface area contributed by atoms with Crippen molar-refractivity contribution in [2.45, 2.75) is 18.7 Å². The first-order valence-electron chi connectivity index (χ1n) is 5.95. The first kappa shape index (κ1) is 14.9. The van der Waals surface area contributed by atoms with Crippen LogP contribution in [0.2, 0.25) is 0 Å². The molecule has 0 radical (unpaired) electrons. The number of hydrogen-bond acceptors (Lipinski definition) is 3. The van der Waals surface area contributed by atoms with Crippen LogP contribution in [0, 0.1) is 13.8 Å². The average Bonchev–Trinajstić information content (AvgIpc) is 2.36. The van der Waals surface area contributed by atoms with Crippen molar-refractivity contribution in [2.24, 2.45) is 0 Å². The molecule has 3 N–H and O–H groups in total. The van der Waals surface area contributed by atoms with Crippen molar-refractivity contribution in [1.82, 2.24) is 0 Å². The van der Waals surface area contributed by atoms with Crippen LogP contribution in [0.15, 0.2) is 45.8 Å². The van der Waals surface area contributed by atoms with Crippen LogP contribution in [0.1, 0.15) is 11.1 Å². The van der Waals surface area contributed by atoms with E-state index in [1.54, 1.807) is 12.1 Å². The van der Waals surface area contributed by atoms with Gasteiger partial charge in [0.15, 0.2) is 0 Å². The molecule has 2 rings (SSSR count). The van der Waals surface area contributed by atoms with E-state index >= 15 is 0 Å². The highest BCUT2D eigenvalue weighted by Crippen LogP contribution is 2.25. The van der Waals surface area contributed by atoms with Crippen molar-refractivity contribution in [3.63, 3.8) is 0 Å². The number of halogens is 1. The maximum atomic E-state index is 12.4. The molecule has 0 saturated heterocycles. The molecule has 6 heteroatoms. The molecule has 0 amide bonds. The fraction of sp³-hybridized carbons (Fsp3) is 0.143. The number of anilines is 2. The van der Waals surface area contributed by atoms with E-state index in [9.17, 15) is 8.42 Å². The summed E-state index contributed by atoms with van der Waals surface area (Å²) in [5, 5.41) is 0. The number of nitrogen functional groups attached to an aromatic ring is 1. The minimum atomic E-state index is -3.63. The van der Waals surface area contributed by atoms with E-state index in [4.69, 9.17) is 5.73 Å². The Hall–Kier alpha value is -1.53. The van der Waals surface area contributed by atoms with Crippen molar-refractivity contribution in [2.75, 3.05) is 10.5 Å². The van der Waals surface area contributed by atoms with Crippen LogP contribution in [0.5, 0.6) is 0 Å². The summed E-state index contributed by atoms with van der Waals surface area (Å²) >= 11 is 3.23. The Kier molecular flexibility index (Phi) is 4.06. The summed E-state index contributed by atoms with van der Waals surface area (Å²) in [6.45, 7) is 3.77. The van der Waals surface area contributed by atoms with Gasteiger partial charge in [-0.1, -0.05) is 12.1 Å². The third kappa shape index (κ3) is 3.13. The number of nitrogens with two attached hydrogens (primary N) is 1. The summed E-state index contributed by atoms with van der Waals surface area (Å²) in [5.74, 6) is 0. The zero-order valence-corrected chi connectivity index (χ0v) is 13.5. The van der Waals surface area contributed by atoms with Gasteiger partial charge in [0.25, 0.3) is 10.0 Å². The Morgan fingerprint density at radius 3 is 2.45 bits per heavy atom. The van der Waals surface area contributed by atoms with E-state index in [1.807, 2.05) is 26.0 Å².